The van der Waals surface area contributed by atoms with Crippen LogP contribution in [0.1, 0.15) is 12.1 Å². The van der Waals surface area contributed by atoms with E-state index in [1.54, 1.807) is 12.1 Å². The zero-order valence-corrected chi connectivity index (χ0v) is 9.67. The van der Waals surface area contributed by atoms with Gasteiger partial charge in [0.25, 0.3) is 0 Å². The molecule has 1 atom stereocenters. The number of aliphatic hydroxyl groups is 1. The topological polar surface area (TPSA) is 126 Å². The van der Waals surface area contributed by atoms with Crippen molar-refractivity contribution in [2.24, 2.45) is 0 Å². The number of carboxylic acids is 1. The summed E-state index contributed by atoms with van der Waals surface area (Å²) in [6.45, 7) is -0.308. The minimum Gasteiger partial charge on any atom is -0.480 e. The highest BCUT2D eigenvalue weighted by Gasteiger charge is 2.19. The molecule has 0 aliphatic carbocycles. The number of rotatable bonds is 6. The molecule has 0 fully saturated rings. The minimum atomic E-state index is -1.18. The van der Waals surface area contributed by atoms with Gasteiger partial charge in [0.15, 0.2) is 0 Å². The number of nitrogens with one attached hydrogen (secondary N) is 1. The lowest BCUT2D eigenvalue weighted by Gasteiger charge is -2.12. The molecule has 98 valence electrons. The van der Waals surface area contributed by atoms with Gasteiger partial charge in [0.1, 0.15) is 6.04 Å². The zero-order chi connectivity index (χ0) is 13.5. The van der Waals surface area contributed by atoms with Crippen LogP contribution in [-0.2, 0) is 16.0 Å². The fourth-order valence-corrected chi connectivity index (χ4v) is 1.34. The average Bonchev–Trinajstić information content (AvgIpc) is 2.31. The normalized spacial score (nSPS) is 11.8. The van der Waals surface area contributed by atoms with Crippen molar-refractivity contribution < 1.29 is 19.8 Å². The van der Waals surface area contributed by atoms with Crippen LogP contribution >= 0.6 is 0 Å². The molecule has 7 nitrogen and oxygen atoms in total. The van der Waals surface area contributed by atoms with Crippen LogP contribution in [-0.4, -0.2) is 39.7 Å². The van der Waals surface area contributed by atoms with Crippen LogP contribution in [0.3, 0.4) is 0 Å². The molecule has 0 unspecified atom stereocenters. The highest BCUT2D eigenvalue weighted by Crippen LogP contribution is 2.02. The van der Waals surface area contributed by atoms with Crippen LogP contribution in [0, 0.1) is 0 Å². The maximum atomic E-state index is 11.6. The van der Waals surface area contributed by atoms with Crippen LogP contribution in [0.2, 0.25) is 0 Å². The highest BCUT2D eigenvalue weighted by molar-refractivity contribution is 5.84. The van der Waals surface area contributed by atoms with Gasteiger partial charge in [0.2, 0.25) is 5.91 Å². The molecule has 0 radical (unpaired) electrons. The number of pyridine rings is 1. The number of carbonyl (C=O) groups excluding carboxylic acids is 1. The number of nitrogens with zero attached hydrogens (tertiary/aromatic N) is 1. The molecule has 18 heavy (non-hydrogen) atoms. The van der Waals surface area contributed by atoms with E-state index in [0.717, 1.165) is 0 Å². The van der Waals surface area contributed by atoms with E-state index in [4.69, 9.17) is 15.9 Å². The third kappa shape index (κ3) is 4.38. The van der Waals surface area contributed by atoms with E-state index < -0.39 is 17.9 Å². The molecule has 0 aromatic carbocycles. The van der Waals surface area contributed by atoms with Gasteiger partial charge in [0, 0.05) is 18.7 Å². The maximum absolute atomic E-state index is 11.6. The van der Waals surface area contributed by atoms with Crippen LogP contribution in [0.4, 0.5) is 5.69 Å². The molecule has 1 aromatic rings. The summed E-state index contributed by atoms with van der Waals surface area (Å²) >= 11 is 0. The van der Waals surface area contributed by atoms with E-state index in [1.165, 1.54) is 6.20 Å². The summed E-state index contributed by atoms with van der Waals surface area (Å²) < 4.78 is 0. The first-order valence-corrected chi connectivity index (χ1v) is 5.36. The van der Waals surface area contributed by atoms with E-state index in [0.29, 0.717) is 11.4 Å². The lowest BCUT2D eigenvalue weighted by Crippen LogP contribution is -2.42. The van der Waals surface area contributed by atoms with Gasteiger partial charge < -0.3 is 21.3 Å². The fourth-order valence-electron chi connectivity index (χ4n) is 1.34. The summed E-state index contributed by atoms with van der Waals surface area (Å²) in [7, 11) is 0. The second-order valence-electron chi connectivity index (χ2n) is 3.73. The number of amides is 1. The van der Waals surface area contributed by atoms with Crippen LogP contribution in [0.15, 0.2) is 18.3 Å². The van der Waals surface area contributed by atoms with Crippen molar-refractivity contribution in [3.63, 3.8) is 0 Å². The number of carboxylic acid groups (broad SMARTS) is 1. The van der Waals surface area contributed by atoms with Crippen molar-refractivity contribution in [2.45, 2.75) is 18.9 Å². The summed E-state index contributed by atoms with van der Waals surface area (Å²) in [5.41, 5.74) is 6.43. The molecular formula is C11H15N3O4. The molecule has 0 aliphatic rings. The molecule has 1 rings (SSSR count). The highest BCUT2D eigenvalue weighted by atomic mass is 16.4. The first-order valence-electron chi connectivity index (χ1n) is 5.36. The summed E-state index contributed by atoms with van der Waals surface area (Å²) in [5, 5.41) is 19.8. The number of nitrogens with two attached hydrogens (primary N) is 1. The predicted molar refractivity (Wildman–Crippen MR) is 63.6 cm³/mol. The molecule has 7 heteroatoms. The lowest BCUT2D eigenvalue weighted by molar-refractivity contribution is -0.142. The monoisotopic (exact) mass is 253 g/mol. The van der Waals surface area contributed by atoms with Gasteiger partial charge in [0.05, 0.1) is 18.3 Å². The third-order valence-corrected chi connectivity index (χ3v) is 2.24. The Morgan fingerprint density at radius 2 is 2.17 bits per heavy atom. The summed E-state index contributed by atoms with van der Waals surface area (Å²) in [4.78, 5) is 26.3. The second-order valence-corrected chi connectivity index (χ2v) is 3.73. The number of carbonyl (C=O) groups is 2. The Kier molecular flexibility index (Phi) is 5.06. The van der Waals surface area contributed by atoms with Crippen LogP contribution in [0.25, 0.3) is 0 Å². The predicted octanol–water partition coefficient (Wildman–Crippen LogP) is -0.842. The Morgan fingerprint density at radius 1 is 1.44 bits per heavy atom. The Hall–Kier alpha value is -2.15. The van der Waals surface area contributed by atoms with Gasteiger partial charge in [-0.25, -0.2) is 4.79 Å². The Balaban J connectivity index is 2.54. The lowest BCUT2D eigenvalue weighted by atomic mass is 10.2. The molecule has 0 saturated heterocycles. The number of hydrogen-bond acceptors (Lipinski definition) is 5. The molecule has 0 bridgehead atoms. The summed E-state index contributed by atoms with van der Waals surface area (Å²) in [6.07, 6.45) is 1.36. The van der Waals surface area contributed by atoms with Crippen molar-refractivity contribution in [2.75, 3.05) is 12.3 Å². The van der Waals surface area contributed by atoms with E-state index in [1.807, 2.05) is 0 Å². The summed E-state index contributed by atoms with van der Waals surface area (Å²) in [5.74, 6) is -1.64. The average molecular weight is 253 g/mol. The summed E-state index contributed by atoms with van der Waals surface area (Å²) in [6, 6.07) is 2.12. The largest absolute Gasteiger partial charge is 0.480 e. The second kappa shape index (κ2) is 6.55. The van der Waals surface area contributed by atoms with Gasteiger partial charge in [-0.05, 0) is 12.1 Å². The SMILES string of the molecule is Nc1ccc(CC(=O)N[C@H](CCO)C(=O)O)nc1. The molecule has 0 aliphatic heterocycles. The fraction of sp³-hybridized carbons (Fsp3) is 0.364. The molecule has 1 amide bonds. The molecule has 0 spiro atoms. The molecule has 1 heterocycles. The minimum absolute atomic E-state index is 0.0315. The molecule has 5 N–H and O–H groups in total. The Labute approximate surface area is 104 Å². The van der Waals surface area contributed by atoms with Gasteiger partial charge in [-0.3, -0.25) is 9.78 Å². The Bertz CT molecular complexity index is 419. The molecule has 1 aromatic heterocycles. The van der Waals surface area contributed by atoms with Crippen molar-refractivity contribution in [3.8, 4) is 0 Å². The van der Waals surface area contributed by atoms with Gasteiger partial charge >= 0.3 is 5.97 Å². The van der Waals surface area contributed by atoms with Crippen LogP contribution in [0.5, 0.6) is 0 Å². The van der Waals surface area contributed by atoms with E-state index >= 15 is 0 Å². The quantitative estimate of drug-likeness (QED) is 0.523. The number of nitrogen functional groups attached to an aromatic ring is 1. The first-order chi connectivity index (χ1) is 8.52. The van der Waals surface area contributed by atoms with E-state index in [-0.39, 0.29) is 19.4 Å². The van der Waals surface area contributed by atoms with Gasteiger partial charge in [-0.1, -0.05) is 0 Å². The number of anilines is 1. The van der Waals surface area contributed by atoms with Gasteiger partial charge in [-0.15, -0.1) is 0 Å². The smallest absolute Gasteiger partial charge is 0.326 e. The Morgan fingerprint density at radius 3 is 2.67 bits per heavy atom. The maximum Gasteiger partial charge on any atom is 0.326 e. The number of aliphatic hydroxyl groups excluding tert-OH is 1. The third-order valence-electron chi connectivity index (χ3n) is 2.24. The molecule has 0 saturated carbocycles. The van der Waals surface area contributed by atoms with Crippen LogP contribution < -0.4 is 11.1 Å². The molecular weight excluding hydrogens is 238 g/mol. The van der Waals surface area contributed by atoms with Crippen molar-refractivity contribution in [3.05, 3.63) is 24.0 Å². The van der Waals surface area contributed by atoms with E-state index in [2.05, 4.69) is 10.3 Å². The standard InChI is InChI=1S/C11H15N3O4/c12-7-1-2-8(13-6-7)5-10(16)14-9(3-4-15)11(17)18/h1-2,6,9,15H,3-5,12H2,(H,14,16)(H,17,18)/t9-/m1/s1. The first kappa shape index (κ1) is 13.9. The van der Waals surface area contributed by atoms with Crippen molar-refractivity contribution in [1.29, 1.82) is 0 Å². The van der Waals surface area contributed by atoms with Gasteiger partial charge in [-0.2, -0.15) is 0 Å². The van der Waals surface area contributed by atoms with E-state index in [9.17, 15) is 9.59 Å². The van der Waals surface area contributed by atoms with Crippen molar-refractivity contribution in [1.82, 2.24) is 10.3 Å². The number of aliphatic carboxylic acids is 1. The zero-order valence-electron chi connectivity index (χ0n) is 9.67. The number of aromatic nitrogens is 1. The number of hydrogen-bond donors (Lipinski definition) is 4. The van der Waals surface area contributed by atoms with Crippen molar-refractivity contribution >= 4 is 17.6 Å².